The van der Waals surface area contributed by atoms with E-state index in [-0.39, 0.29) is 6.04 Å². The van der Waals surface area contributed by atoms with Crippen LogP contribution < -0.4 is 5.32 Å². The number of hydrogen-bond donors (Lipinski definition) is 1. The lowest BCUT2D eigenvalue weighted by atomic mass is 10.3. The fourth-order valence-electron chi connectivity index (χ4n) is 0.443. The van der Waals surface area contributed by atoms with E-state index in [0.29, 0.717) is 13.1 Å². The first-order valence-electron chi connectivity index (χ1n) is 2.92. The third kappa shape index (κ3) is 4.91. The molecule has 54 valence electrons. The van der Waals surface area contributed by atoms with Crippen LogP contribution in [0.25, 0.3) is 10.4 Å². The molecule has 0 radical (unpaired) electrons. The molecule has 0 fully saturated rings. The molecule has 1 N–H and O–H groups in total. The molecule has 0 aromatic heterocycles. The van der Waals surface area contributed by atoms with Gasteiger partial charge in [0.15, 0.2) is 0 Å². The van der Waals surface area contributed by atoms with E-state index in [9.17, 15) is 0 Å². The quantitative estimate of drug-likeness (QED) is 0.270. The second-order valence-electron chi connectivity index (χ2n) is 1.85. The molecule has 5 heteroatoms. The monoisotopic (exact) mass is 139 g/mol. The zero-order valence-electron chi connectivity index (χ0n) is 5.78. The van der Waals surface area contributed by atoms with Gasteiger partial charge in [-0.2, -0.15) is 5.26 Å². The van der Waals surface area contributed by atoms with Crippen LogP contribution in [-0.2, 0) is 0 Å². The van der Waals surface area contributed by atoms with Gasteiger partial charge < -0.3 is 5.32 Å². The van der Waals surface area contributed by atoms with E-state index in [1.807, 2.05) is 13.0 Å². The minimum absolute atomic E-state index is 0.0792. The molecule has 1 atom stereocenters. The predicted octanol–water partition coefficient (Wildman–Crippen LogP) is 0.798. The van der Waals surface area contributed by atoms with Crippen molar-refractivity contribution in [3.63, 3.8) is 0 Å². The van der Waals surface area contributed by atoms with Crippen molar-refractivity contribution in [3.05, 3.63) is 10.4 Å². The lowest BCUT2D eigenvalue weighted by Gasteiger charge is -2.05. The van der Waals surface area contributed by atoms with Gasteiger partial charge >= 0.3 is 0 Å². The number of hydrogen-bond acceptors (Lipinski definition) is 3. The number of nitrogens with one attached hydrogen (secondary N) is 1. The molecule has 0 aliphatic heterocycles. The Bertz CT molecular complexity index is 163. The zero-order chi connectivity index (χ0) is 7.82. The second-order valence-corrected chi connectivity index (χ2v) is 1.85. The molecule has 0 aromatic rings. The zero-order valence-corrected chi connectivity index (χ0v) is 5.78. The van der Waals surface area contributed by atoms with Crippen molar-refractivity contribution in [3.8, 4) is 6.07 Å². The topological polar surface area (TPSA) is 84.6 Å². The van der Waals surface area contributed by atoms with E-state index in [1.165, 1.54) is 0 Å². The van der Waals surface area contributed by atoms with Crippen molar-refractivity contribution in [1.82, 2.24) is 5.32 Å². The Balaban J connectivity index is 3.35. The van der Waals surface area contributed by atoms with Gasteiger partial charge in [-0.3, -0.25) is 0 Å². The van der Waals surface area contributed by atoms with Crippen LogP contribution in [0.4, 0.5) is 0 Å². The maximum atomic E-state index is 8.12. The first kappa shape index (κ1) is 8.76. The van der Waals surface area contributed by atoms with Crippen LogP contribution in [0.1, 0.15) is 6.92 Å². The predicted molar refractivity (Wildman–Crippen MR) is 37.1 cm³/mol. The summed E-state index contributed by atoms with van der Waals surface area (Å²) in [5.74, 6) is 0. The number of rotatable bonds is 4. The van der Waals surface area contributed by atoms with E-state index in [4.69, 9.17) is 10.8 Å². The Labute approximate surface area is 59.3 Å². The molecule has 0 saturated carbocycles. The summed E-state index contributed by atoms with van der Waals surface area (Å²) in [6, 6.07) is 2.01. The molecule has 0 unspecified atom stereocenters. The van der Waals surface area contributed by atoms with Crippen molar-refractivity contribution in [2.45, 2.75) is 13.0 Å². The van der Waals surface area contributed by atoms with Crippen molar-refractivity contribution >= 4 is 0 Å². The highest BCUT2D eigenvalue weighted by Gasteiger charge is 1.95. The fraction of sp³-hybridized carbons (Fsp3) is 0.800. The van der Waals surface area contributed by atoms with Gasteiger partial charge in [0.05, 0.1) is 12.6 Å². The summed E-state index contributed by atoms with van der Waals surface area (Å²) in [4.78, 5) is 2.59. The molecule has 0 amide bonds. The third-order valence-electron chi connectivity index (χ3n) is 0.948. The van der Waals surface area contributed by atoms with Crippen LogP contribution in [0.15, 0.2) is 5.11 Å². The van der Waals surface area contributed by atoms with Crippen molar-refractivity contribution < 1.29 is 0 Å². The highest BCUT2D eigenvalue weighted by molar-refractivity contribution is 4.76. The average molecular weight is 139 g/mol. The van der Waals surface area contributed by atoms with E-state index in [2.05, 4.69) is 15.3 Å². The van der Waals surface area contributed by atoms with E-state index in [0.717, 1.165) is 0 Å². The van der Waals surface area contributed by atoms with Gasteiger partial charge in [-0.05, 0) is 12.5 Å². The summed E-state index contributed by atoms with van der Waals surface area (Å²) >= 11 is 0. The maximum absolute atomic E-state index is 8.12. The standard InChI is InChI=1S/C5H9N5/c1-5(4-9-10-7)8-3-2-6/h5,8H,3-4H2,1H3/t5-/m0/s1. The summed E-state index contributed by atoms with van der Waals surface area (Å²) in [5, 5.41) is 14.3. The van der Waals surface area contributed by atoms with Gasteiger partial charge in [-0.15, -0.1) is 0 Å². The molecule has 0 saturated heterocycles. The Morgan fingerprint density at radius 3 is 3.10 bits per heavy atom. The molecule has 0 heterocycles. The average Bonchev–Trinajstić information content (AvgIpc) is 1.97. The summed E-state index contributed by atoms with van der Waals surface area (Å²) in [5.41, 5.74) is 7.91. The Morgan fingerprint density at radius 1 is 1.90 bits per heavy atom. The Morgan fingerprint density at radius 2 is 2.60 bits per heavy atom. The van der Waals surface area contributed by atoms with Crippen LogP contribution in [-0.4, -0.2) is 19.1 Å². The highest BCUT2D eigenvalue weighted by atomic mass is 15.1. The summed E-state index contributed by atoms with van der Waals surface area (Å²) < 4.78 is 0. The molecule has 10 heavy (non-hydrogen) atoms. The smallest absolute Gasteiger partial charge is 0.0842 e. The number of nitrogens with zero attached hydrogens (tertiary/aromatic N) is 4. The van der Waals surface area contributed by atoms with Crippen LogP contribution in [0.5, 0.6) is 0 Å². The van der Waals surface area contributed by atoms with Crippen molar-refractivity contribution in [2.75, 3.05) is 13.1 Å². The fourth-order valence-corrected chi connectivity index (χ4v) is 0.443. The van der Waals surface area contributed by atoms with Crippen LogP contribution in [0.2, 0.25) is 0 Å². The second kappa shape index (κ2) is 5.89. The van der Waals surface area contributed by atoms with Crippen LogP contribution in [0.3, 0.4) is 0 Å². The summed E-state index contributed by atoms with van der Waals surface area (Å²) in [7, 11) is 0. The highest BCUT2D eigenvalue weighted by Crippen LogP contribution is 1.81. The molecule has 5 nitrogen and oxygen atoms in total. The van der Waals surface area contributed by atoms with Gasteiger partial charge in [0, 0.05) is 17.5 Å². The van der Waals surface area contributed by atoms with Crippen molar-refractivity contribution in [1.29, 1.82) is 5.26 Å². The third-order valence-corrected chi connectivity index (χ3v) is 0.948. The maximum Gasteiger partial charge on any atom is 0.0842 e. The molecule has 0 rings (SSSR count). The normalized spacial score (nSPS) is 11.2. The first-order valence-corrected chi connectivity index (χ1v) is 2.92. The molecule has 0 aliphatic carbocycles. The summed E-state index contributed by atoms with van der Waals surface area (Å²) in [6.07, 6.45) is 0. The largest absolute Gasteiger partial charge is 0.302 e. The Hall–Kier alpha value is -1.24. The van der Waals surface area contributed by atoms with Crippen molar-refractivity contribution in [2.24, 2.45) is 5.11 Å². The molecular weight excluding hydrogens is 130 g/mol. The Kier molecular flexibility index (Phi) is 5.16. The SMILES string of the molecule is C[C@@H](CN=[N+]=[N-])NCC#N. The van der Waals surface area contributed by atoms with Crippen LogP contribution >= 0.6 is 0 Å². The molecule has 0 aliphatic rings. The van der Waals surface area contributed by atoms with Gasteiger partial charge in [-0.25, -0.2) is 0 Å². The minimum atomic E-state index is 0.0792. The molecule has 0 spiro atoms. The molecular formula is C5H9N5. The lowest BCUT2D eigenvalue weighted by molar-refractivity contribution is 0.594. The molecule has 0 aromatic carbocycles. The molecule has 0 bridgehead atoms. The van der Waals surface area contributed by atoms with Gasteiger partial charge in [0.25, 0.3) is 0 Å². The van der Waals surface area contributed by atoms with E-state index in [1.54, 1.807) is 0 Å². The first-order chi connectivity index (χ1) is 4.81. The van der Waals surface area contributed by atoms with Gasteiger partial charge in [0.1, 0.15) is 0 Å². The van der Waals surface area contributed by atoms with E-state index >= 15 is 0 Å². The van der Waals surface area contributed by atoms with Crippen LogP contribution in [0, 0.1) is 11.3 Å². The number of nitriles is 1. The number of azide groups is 1. The van der Waals surface area contributed by atoms with E-state index < -0.39 is 0 Å². The minimum Gasteiger partial charge on any atom is -0.302 e. The lowest BCUT2D eigenvalue weighted by Crippen LogP contribution is -2.28. The van der Waals surface area contributed by atoms with Gasteiger partial charge in [0.2, 0.25) is 0 Å². The van der Waals surface area contributed by atoms with Gasteiger partial charge in [-0.1, -0.05) is 5.11 Å². The summed E-state index contributed by atoms with van der Waals surface area (Å²) in [6.45, 7) is 2.53.